The van der Waals surface area contributed by atoms with Gasteiger partial charge in [-0.2, -0.15) is 5.26 Å². The zero-order chi connectivity index (χ0) is 23.0. The summed E-state index contributed by atoms with van der Waals surface area (Å²) in [6.07, 6.45) is 2.25. The van der Waals surface area contributed by atoms with Crippen molar-refractivity contribution in [2.75, 3.05) is 26.2 Å². The van der Waals surface area contributed by atoms with Gasteiger partial charge in [-0.25, -0.2) is 0 Å². The van der Waals surface area contributed by atoms with E-state index in [1.807, 2.05) is 70.5 Å². The summed E-state index contributed by atoms with van der Waals surface area (Å²) in [7, 11) is 0. The molecule has 1 fully saturated rings. The van der Waals surface area contributed by atoms with Crippen LogP contribution in [0.25, 0.3) is 11.1 Å². The molecule has 1 heterocycles. The summed E-state index contributed by atoms with van der Waals surface area (Å²) in [5, 5.41) is 9.48. The lowest BCUT2D eigenvalue weighted by Gasteiger charge is -2.35. The lowest BCUT2D eigenvalue weighted by molar-refractivity contribution is -0.132. The van der Waals surface area contributed by atoms with Crippen molar-refractivity contribution < 1.29 is 9.59 Å². The molecule has 4 rings (SSSR count). The molecule has 1 aliphatic heterocycles. The Labute approximate surface area is 194 Å². The Morgan fingerprint density at radius 2 is 1.36 bits per heavy atom. The Kier molecular flexibility index (Phi) is 7.16. The molecule has 1 saturated heterocycles. The molecule has 0 aromatic heterocycles. The Balaban J connectivity index is 1.36. The molecule has 3 aromatic rings. The number of carbonyl (C=O) groups excluding carboxylic acids is 2. The first kappa shape index (κ1) is 22.3. The second kappa shape index (κ2) is 10.6. The van der Waals surface area contributed by atoms with Crippen LogP contribution < -0.4 is 0 Å². The smallest absolute Gasteiger partial charge is 0.254 e. The maximum absolute atomic E-state index is 13.3. The second-order valence-corrected chi connectivity index (χ2v) is 8.22. The van der Waals surface area contributed by atoms with Gasteiger partial charge in [0.15, 0.2) is 0 Å². The van der Waals surface area contributed by atoms with E-state index in [-0.39, 0.29) is 11.8 Å². The first-order valence-electron chi connectivity index (χ1n) is 11.4. The van der Waals surface area contributed by atoms with E-state index in [4.69, 9.17) is 0 Å². The molecule has 5 heteroatoms. The van der Waals surface area contributed by atoms with Gasteiger partial charge in [-0.3, -0.25) is 9.59 Å². The molecule has 166 valence electrons. The van der Waals surface area contributed by atoms with Crippen LogP contribution in [-0.2, 0) is 11.2 Å². The topological polar surface area (TPSA) is 64.4 Å². The largest absolute Gasteiger partial charge is 0.339 e. The molecule has 0 unspecified atom stereocenters. The highest BCUT2D eigenvalue weighted by Gasteiger charge is 2.26. The fraction of sp³-hybridized carbons (Fsp3) is 0.250. The summed E-state index contributed by atoms with van der Waals surface area (Å²) in [4.78, 5) is 29.6. The monoisotopic (exact) mass is 437 g/mol. The van der Waals surface area contributed by atoms with E-state index in [1.165, 1.54) is 5.56 Å². The predicted molar refractivity (Wildman–Crippen MR) is 128 cm³/mol. The number of rotatable bonds is 6. The average molecular weight is 438 g/mol. The van der Waals surface area contributed by atoms with Gasteiger partial charge >= 0.3 is 0 Å². The molecule has 3 aromatic carbocycles. The van der Waals surface area contributed by atoms with Gasteiger partial charge in [0.05, 0.1) is 11.6 Å². The van der Waals surface area contributed by atoms with E-state index in [0.717, 1.165) is 24.0 Å². The van der Waals surface area contributed by atoms with E-state index < -0.39 is 0 Å². The van der Waals surface area contributed by atoms with Gasteiger partial charge in [0, 0.05) is 43.7 Å². The van der Waals surface area contributed by atoms with Crippen molar-refractivity contribution in [3.05, 3.63) is 95.6 Å². The van der Waals surface area contributed by atoms with Crippen LogP contribution in [0.3, 0.4) is 0 Å². The number of aryl methyl sites for hydroxylation is 1. The predicted octanol–water partition coefficient (Wildman–Crippen LogP) is 4.53. The van der Waals surface area contributed by atoms with E-state index in [0.29, 0.717) is 43.7 Å². The average Bonchev–Trinajstić information content (AvgIpc) is 2.89. The molecule has 0 spiro atoms. The summed E-state index contributed by atoms with van der Waals surface area (Å²) in [6.45, 7) is 2.12. The van der Waals surface area contributed by atoms with Crippen LogP contribution >= 0.6 is 0 Å². The maximum Gasteiger partial charge on any atom is 0.254 e. The Hall–Kier alpha value is -3.91. The van der Waals surface area contributed by atoms with Crippen LogP contribution in [0.15, 0.2) is 78.9 Å². The molecule has 33 heavy (non-hydrogen) atoms. The summed E-state index contributed by atoms with van der Waals surface area (Å²) < 4.78 is 0. The Morgan fingerprint density at radius 1 is 0.758 bits per heavy atom. The molecular formula is C28H27N3O2. The fourth-order valence-electron chi connectivity index (χ4n) is 4.30. The van der Waals surface area contributed by atoms with Crippen molar-refractivity contribution in [1.29, 1.82) is 5.26 Å². The number of hydrogen-bond donors (Lipinski definition) is 0. The number of hydrogen-bond acceptors (Lipinski definition) is 3. The first-order valence-corrected chi connectivity index (χ1v) is 11.4. The highest BCUT2D eigenvalue weighted by molar-refractivity contribution is 6.01. The molecule has 0 radical (unpaired) electrons. The van der Waals surface area contributed by atoms with Crippen molar-refractivity contribution in [3.63, 3.8) is 0 Å². The highest BCUT2D eigenvalue weighted by Crippen LogP contribution is 2.28. The van der Waals surface area contributed by atoms with E-state index >= 15 is 0 Å². The quantitative estimate of drug-likeness (QED) is 0.569. The normalized spacial score (nSPS) is 13.4. The van der Waals surface area contributed by atoms with Gasteiger partial charge in [0.1, 0.15) is 0 Å². The minimum Gasteiger partial charge on any atom is -0.339 e. The second-order valence-electron chi connectivity index (χ2n) is 8.22. The summed E-state index contributed by atoms with van der Waals surface area (Å²) in [6, 6.07) is 27.2. The van der Waals surface area contributed by atoms with Gasteiger partial charge in [-0.05, 0) is 36.1 Å². The third-order valence-electron chi connectivity index (χ3n) is 6.11. The molecule has 2 amide bonds. The van der Waals surface area contributed by atoms with Crippen molar-refractivity contribution in [3.8, 4) is 17.2 Å². The van der Waals surface area contributed by atoms with Gasteiger partial charge in [0.25, 0.3) is 5.91 Å². The zero-order valence-electron chi connectivity index (χ0n) is 18.6. The van der Waals surface area contributed by atoms with Gasteiger partial charge in [-0.15, -0.1) is 0 Å². The van der Waals surface area contributed by atoms with Gasteiger partial charge in [0.2, 0.25) is 5.91 Å². The molecule has 0 aliphatic carbocycles. The van der Waals surface area contributed by atoms with Gasteiger partial charge < -0.3 is 9.80 Å². The molecule has 1 aliphatic rings. The van der Waals surface area contributed by atoms with E-state index in [2.05, 4.69) is 18.2 Å². The lowest BCUT2D eigenvalue weighted by atomic mass is 9.95. The van der Waals surface area contributed by atoms with E-state index in [9.17, 15) is 14.9 Å². The first-order chi connectivity index (χ1) is 16.2. The van der Waals surface area contributed by atoms with Crippen molar-refractivity contribution in [1.82, 2.24) is 9.80 Å². The molecule has 0 saturated carbocycles. The molecular weight excluding hydrogens is 410 g/mol. The molecule has 0 atom stereocenters. The van der Waals surface area contributed by atoms with Crippen LogP contribution in [0.4, 0.5) is 0 Å². The van der Waals surface area contributed by atoms with Crippen molar-refractivity contribution >= 4 is 11.8 Å². The SMILES string of the molecule is N#Cc1ccccc1-c1ccccc1C(=O)N1CCN(C(=O)CCCc2ccccc2)CC1. The highest BCUT2D eigenvalue weighted by atomic mass is 16.2. The number of piperazine rings is 1. The van der Waals surface area contributed by atoms with Crippen LogP contribution in [-0.4, -0.2) is 47.8 Å². The summed E-state index contributed by atoms with van der Waals surface area (Å²) >= 11 is 0. The Bertz CT molecular complexity index is 1160. The van der Waals surface area contributed by atoms with Crippen LogP contribution in [0.2, 0.25) is 0 Å². The summed E-state index contributed by atoms with van der Waals surface area (Å²) in [5.41, 5.74) is 3.90. The number of carbonyl (C=O) groups is 2. The molecule has 0 N–H and O–H groups in total. The number of nitriles is 1. The number of nitrogens with zero attached hydrogens (tertiary/aromatic N) is 3. The fourth-order valence-corrected chi connectivity index (χ4v) is 4.30. The van der Waals surface area contributed by atoms with Crippen LogP contribution in [0.5, 0.6) is 0 Å². The molecule has 5 nitrogen and oxygen atoms in total. The van der Waals surface area contributed by atoms with Crippen LogP contribution in [0.1, 0.15) is 34.3 Å². The molecule has 0 bridgehead atoms. The Morgan fingerprint density at radius 3 is 2.09 bits per heavy atom. The lowest BCUT2D eigenvalue weighted by Crippen LogP contribution is -2.50. The third kappa shape index (κ3) is 5.30. The zero-order valence-corrected chi connectivity index (χ0v) is 18.6. The van der Waals surface area contributed by atoms with E-state index in [1.54, 1.807) is 6.07 Å². The summed E-state index contributed by atoms with van der Waals surface area (Å²) in [5.74, 6) is 0.0934. The van der Waals surface area contributed by atoms with Gasteiger partial charge in [-0.1, -0.05) is 66.7 Å². The number of benzene rings is 3. The minimum absolute atomic E-state index is 0.0606. The van der Waals surface area contributed by atoms with Crippen molar-refractivity contribution in [2.45, 2.75) is 19.3 Å². The third-order valence-corrected chi connectivity index (χ3v) is 6.11. The van der Waals surface area contributed by atoms with Crippen molar-refractivity contribution in [2.24, 2.45) is 0 Å². The standard InChI is InChI=1S/C28H27N3O2/c29-21-23-12-4-5-13-24(23)25-14-6-7-15-26(25)28(33)31-19-17-30(18-20-31)27(32)16-8-11-22-9-2-1-3-10-22/h1-7,9-10,12-15H,8,11,16-20H2. The maximum atomic E-state index is 13.3. The van der Waals surface area contributed by atoms with Crippen LogP contribution in [0, 0.1) is 11.3 Å². The minimum atomic E-state index is -0.0606. The number of amides is 2.